The van der Waals surface area contributed by atoms with Gasteiger partial charge in [0.15, 0.2) is 0 Å². The molecule has 0 fully saturated rings. The third-order valence-electron chi connectivity index (χ3n) is 2.58. The third-order valence-corrected chi connectivity index (χ3v) is 4.50. The number of benzene rings is 1. The second-order valence-electron chi connectivity index (χ2n) is 3.99. The van der Waals surface area contributed by atoms with E-state index in [9.17, 15) is 8.42 Å². The molecule has 1 aromatic heterocycles. The van der Waals surface area contributed by atoms with Crippen molar-refractivity contribution >= 4 is 33.8 Å². The van der Waals surface area contributed by atoms with Crippen molar-refractivity contribution in [3.63, 3.8) is 0 Å². The van der Waals surface area contributed by atoms with Crippen LogP contribution in [-0.2, 0) is 10.0 Å². The van der Waals surface area contributed by atoms with Crippen LogP contribution >= 0.6 is 23.8 Å². The van der Waals surface area contributed by atoms with Gasteiger partial charge in [-0.3, -0.25) is 0 Å². The molecule has 0 unspecified atom stereocenters. The Kier molecular flexibility index (Phi) is 4.59. The summed E-state index contributed by atoms with van der Waals surface area (Å²) in [5.74, 6) is 0.204. The molecule has 0 amide bonds. The van der Waals surface area contributed by atoms with Crippen molar-refractivity contribution in [1.82, 2.24) is 14.9 Å². The Morgan fingerprint density at radius 1 is 1.45 bits per heavy atom. The second kappa shape index (κ2) is 6.04. The molecule has 6 nitrogen and oxygen atoms in total. The summed E-state index contributed by atoms with van der Waals surface area (Å²) < 4.78 is 32.1. The van der Waals surface area contributed by atoms with Crippen molar-refractivity contribution in [1.29, 1.82) is 0 Å². The summed E-state index contributed by atoms with van der Waals surface area (Å²) in [6, 6.07) is 5.28. The van der Waals surface area contributed by atoms with Gasteiger partial charge in [0.05, 0.1) is 10.9 Å². The van der Waals surface area contributed by atoms with Crippen LogP contribution in [-0.4, -0.2) is 18.6 Å². The average molecular weight is 334 g/mol. The van der Waals surface area contributed by atoms with Crippen LogP contribution in [0.3, 0.4) is 0 Å². The van der Waals surface area contributed by atoms with Gasteiger partial charge >= 0.3 is 0 Å². The fraction of sp³-hybridized carbons (Fsp3) is 0.273. The SMILES string of the molecule is CC[C@@H](NS(=O)(=O)c1ccc(Cl)cc1)c1n[nH]c(=S)o1. The van der Waals surface area contributed by atoms with Gasteiger partial charge in [-0.15, -0.1) is 5.10 Å². The highest BCUT2D eigenvalue weighted by molar-refractivity contribution is 7.89. The molecule has 0 bridgehead atoms. The molecule has 1 aromatic carbocycles. The largest absolute Gasteiger partial charge is 0.412 e. The molecule has 9 heteroatoms. The maximum Gasteiger partial charge on any atom is 0.284 e. The number of rotatable bonds is 5. The van der Waals surface area contributed by atoms with E-state index in [1.54, 1.807) is 0 Å². The molecule has 1 heterocycles. The van der Waals surface area contributed by atoms with Gasteiger partial charge in [0.2, 0.25) is 15.9 Å². The average Bonchev–Trinajstić information content (AvgIpc) is 2.83. The summed E-state index contributed by atoms with van der Waals surface area (Å²) >= 11 is 10.5. The molecule has 0 aliphatic heterocycles. The molecule has 2 aromatic rings. The van der Waals surface area contributed by atoms with Crippen LogP contribution in [0.2, 0.25) is 5.02 Å². The summed E-state index contributed by atoms with van der Waals surface area (Å²) in [6.07, 6.45) is 0.468. The molecule has 2 rings (SSSR count). The first-order valence-corrected chi connectivity index (χ1v) is 8.02. The maximum atomic E-state index is 12.2. The Labute approximate surface area is 126 Å². The van der Waals surface area contributed by atoms with Gasteiger partial charge in [-0.1, -0.05) is 18.5 Å². The Hall–Kier alpha value is -1.22. The van der Waals surface area contributed by atoms with Crippen molar-refractivity contribution in [2.75, 3.05) is 0 Å². The van der Waals surface area contributed by atoms with Crippen LogP contribution in [0.15, 0.2) is 33.6 Å². The highest BCUT2D eigenvalue weighted by atomic mass is 35.5. The zero-order chi connectivity index (χ0) is 14.8. The topological polar surface area (TPSA) is 88.0 Å². The Bertz CT molecular complexity index is 737. The Balaban J connectivity index is 2.26. The predicted molar refractivity (Wildman–Crippen MR) is 76.5 cm³/mol. The molecule has 0 radical (unpaired) electrons. The van der Waals surface area contributed by atoms with E-state index in [4.69, 9.17) is 28.2 Å². The van der Waals surface area contributed by atoms with E-state index < -0.39 is 16.1 Å². The lowest BCUT2D eigenvalue weighted by Crippen LogP contribution is -2.28. The number of aromatic nitrogens is 2. The van der Waals surface area contributed by atoms with Crippen LogP contribution in [0, 0.1) is 4.84 Å². The number of H-pyrrole nitrogens is 1. The molecule has 0 aliphatic rings. The van der Waals surface area contributed by atoms with Gasteiger partial charge in [-0.05, 0) is 42.9 Å². The maximum absolute atomic E-state index is 12.2. The van der Waals surface area contributed by atoms with Crippen molar-refractivity contribution in [2.24, 2.45) is 0 Å². The first kappa shape index (κ1) is 15.2. The Morgan fingerprint density at radius 3 is 2.60 bits per heavy atom. The lowest BCUT2D eigenvalue weighted by atomic mass is 10.2. The zero-order valence-corrected chi connectivity index (χ0v) is 12.8. The minimum absolute atomic E-state index is 0.101. The molecule has 0 aliphatic carbocycles. The van der Waals surface area contributed by atoms with Gasteiger partial charge < -0.3 is 4.42 Å². The molecule has 2 N–H and O–H groups in total. The molecule has 1 atom stereocenters. The molecule has 0 spiro atoms. The first-order chi connectivity index (χ1) is 9.42. The van der Waals surface area contributed by atoms with Crippen molar-refractivity contribution < 1.29 is 12.8 Å². The fourth-order valence-electron chi connectivity index (χ4n) is 1.57. The van der Waals surface area contributed by atoms with Gasteiger partial charge in [0.1, 0.15) is 0 Å². The highest BCUT2D eigenvalue weighted by Crippen LogP contribution is 2.19. The van der Waals surface area contributed by atoms with E-state index in [0.717, 1.165) is 0 Å². The smallest absolute Gasteiger partial charge is 0.284 e. The Morgan fingerprint density at radius 2 is 2.10 bits per heavy atom. The molecule has 20 heavy (non-hydrogen) atoms. The van der Waals surface area contributed by atoms with Gasteiger partial charge in [0, 0.05) is 5.02 Å². The lowest BCUT2D eigenvalue weighted by molar-refractivity contribution is 0.414. The number of hydrogen-bond acceptors (Lipinski definition) is 5. The van der Waals surface area contributed by atoms with E-state index in [2.05, 4.69) is 14.9 Å². The number of nitrogens with zero attached hydrogens (tertiary/aromatic N) is 1. The van der Waals surface area contributed by atoms with Gasteiger partial charge in [-0.2, -0.15) is 4.72 Å². The summed E-state index contributed by atoms with van der Waals surface area (Å²) in [5.41, 5.74) is 0. The number of halogens is 1. The van der Waals surface area contributed by atoms with Gasteiger partial charge in [0.25, 0.3) is 4.84 Å². The van der Waals surface area contributed by atoms with Crippen molar-refractivity contribution in [3.8, 4) is 0 Å². The third kappa shape index (κ3) is 3.45. The highest BCUT2D eigenvalue weighted by Gasteiger charge is 2.23. The van der Waals surface area contributed by atoms with Gasteiger partial charge in [-0.25, -0.2) is 13.5 Å². The number of hydrogen-bond donors (Lipinski definition) is 2. The van der Waals surface area contributed by atoms with E-state index >= 15 is 0 Å². The minimum atomic E-state index is -3.68. The standard InChI is InChI=1S/C11H12ClN3O3S2/c1-2-9(10-13-14-11(19)18-10)15-20(16,17)8-5-3-7(12)4-6-8/h3-6,9,15H,2H2,1H3,(H,14,19)/t9-/m1/s1. The van der Waals surface area contributed by atoms with Crippen molar-refractivity contribution in [3.05, 3.63) is 40.0 Å². The van der Waals surface area contributed by atoms with Crippen LogP contribution in [0.1, 0.15) is 25.3 Å². The van der Waals surface area contributed by atoms with Crippen LogP contribution in [0.5, 0.6) is 0 Å². The van der Waals surface area contributed by atoms with Crippen LogP contribution < -0.4 is 4.72 Å². The predicted octanol–water partition coefficient (Wildman–Crippen LogP) is 2.82. The summed E-state index contributed by atoms with van der Waals surface area (Å²) in [6.45, 7) is 1.81. The van der Waals surface area contributed by atoms with Crippen molar-refractivity contribution in [2.45, 2.75) is 24.3 Å². The monoisotopic (exact) mass is 333 g/mol. The van der Waals surface area contributed by atoms with E-state index in [1.807, 2.05) is 6.92 Å². The fourth-order valence-corrected chi connectivity index (χ4v) is 3.10. The molecular weight excluding hydrogens is 322 g/mol. The molecule has 0 saturated heterocycles. The molecule has 0 saturated carbocycles. The molecule has 108 valence electrons. The number of nitrogens with one attached hydrogen (secondary N) is 2. The summed E-state index contributed by atoms with van der Waals surface area (Å²) in [4.78, 5) is 0.221. The summed E-state index contributed by atoms with van der Waals surface area (Å²) in [5, 5.41) is 6.76. The lowest BCUT2D eigenvalue weighted by Gasteiger charge is -2.13. The quantitative estimate of drug-likeness (QED) is 0.821. The van der Waals surface area contributed by atoms with Crippen LogP contribution in [0.4, 0.5) is 0 Å². The minimum Gasteiger partial charge on any atom is -0.412 e. The number of aromatic amines is 1. The second-order valence-corrected chi connectivity index (χ2v) is 6.51. The van der Waals surface area contributed by atoms with E-state index in [1.165, 1.54) is 24.3 Å². The first-order valence-electron chi connectivity index (χ1n) is 5.75. The zero-order valence-electron chi connectivity index (χ0n) is 10.5. The molecular formula is C11H12ClN3O3S2. The van der Waals surface area contributed by atoms with E-state index in [-0.39, 0.29) is 15.6 Å². The summed E-state index contributed by atoms with van der Waals surface area (Å²) in [7, 11) is -3.68. The van der Waals surface area contributed by atoms with E-state index in [0.29, 0.717) is 11.4 Å². The van der Waals surface area contributed by atoms with Crippen LogP contribution in [0.25, 0.3) is 0 Å². The normalized spacial score (nSPS) is 13.3. The number of sulfonamides is 1.